The van der Waals surface area contributed by atoms with Crippen molar-refractivity contribution in [1.29, 1.82) is 0 Å². The summed E-state index contributed by atoms with van der Waals surface area (Å²) in [5.74, 6) is 0.322. The molecule has 30 heavy (non-hydrogen) atoms. The minimum absolute atomic E-state index is 0.0412. The smallest absolute Gasteiger partial charge is 0.387 e. The van der Waals surface area contributed by atoms with Gasteiger partial charge < -0.3 is 15.4 Å². The zero-order valence-electron chi connectivity index (χ0n) is 16.1. The molecule has 0 spiro atoms. The Morgan fingerprint density at radius 3 is 2.63 bits per heavy atom. The van der Waals surface area contributed by atoms with Crippen LogP contribution in [-0.4, -0.2) is 40.6 Å². The Hall–Kier alpha value is -3.33. The van der Waals surface area contributed by atoms with Crippen molar-refractivity contribution in [3.05, 3.63) is 66.0 Å². The third-order valence-corrected chi connectivity index (χ3v) is 4.95. The highest BCUT2D eigenvalue weighted by Crippen LogP contribution is 2.19. The van der Waals surface area contributed by atoms with E-state index in [2.05, 4.69) is 25.7 Å². The molecule has 1 atom stereocenters. The normalized spacial score (nSPS) is 16.0. The third kappa shape index (κ3) is 4.98. The fourth-order valence-corrected chi connectivity index (χ4v) is 3.42. The Labute approximate surface area is 172 Å². The lowest BCUT2D eigenvalue weighted by molar-refractivity contribution is -0.0498. The van der Waals surface area contributed by atoms with Crippen LogP contribution in [0, 0.1) is 5.92 Å². The van der Waals surface area contributed by atoms with Gasteiger partial charge in [0.15, 0.2) is 5.69 Å². The number of hydrogen-bond donors (Lipinski definition) is 2. The molecule has 1 fully saturated rings. The van der Waals surface area contributed by atoms with E-state index in [0.717, 1.165) is 19.5 Å². The number of rotatable bonds is 7. The van der Waals surface area contributed by atoms with Gasteiger partial charge in [-0.1, -0.05) is 17.3 Å². The molecule has 2 N–H and O–H groups in total. The second-order valence-electron chi connectivity index (χ2n) is 7.13. The van der Waals surface area contributed by atoms with Gasteiger partial charge in [0.25, 0.3) is 5.91 Å². The summed E-state index contributed by atoms with van der Waals surface area (Å²) < 4.78 is 30.2. The van der Waals surface area contributed by atoms with Crippen molar-refractivity contribution in [2.45, 2.75) is 19.5 Å². The van der Waals surface area contributed by atoms with E-state index >= 15 is 0 Å². The van der Waals surface area contributed by atoms with Crippen LogP contribution in [0.25, 0.3) is 5.69 Å². The topological polar surface area (TPSA) is 81.1 Å². The standard InChI is InChI=1S/C21H21F2N5O2/c22-21(23)30-18-7-5-17(6-8-18)28-13-19(26-27-28)20(29)25-16-3-1-14(2-4-16)11-15-9-10-24-12-15/h1-8,13,15,21,24H,9-12H2,(H,25,29). The zero-order chi connectivity index (χ0) is 20.9. The van der Waals surface area contributed by atoms with Crippen LogP contribution in [0.15, 0.2) is 54.7 Å². The van der Waals surface area contributed by atoms with E-state index < -0.39 is 6.61 Å². The van der Waals surface area contributed by atoms with Crippen LogP contribution < -0.4 is 15.4 Å². The van der Waals surface area contributed by atoms with Gasteiger partial charge in [-0.3, -0.25) is 4.79 Å². The monoisotopic (exact) mass is 413 g/mol. The maximum absolute atomic E-state index is 12.5. The van der Waals surface area contributed by atoms with Crippen LogP contribution in [0.2, 0.25) is 0 Å². The Kier molecular flexibility index (Phi) is 5.99. The third-order valence-electron chi connectivity index (χ3n) is 4.95. The largest absolute Gasteiger partial charge is 0.435 e. The number of benzene rings is 2. The minimum Gasteiger partial charge on any atom is -0.435 e. The summed E-state index contributed by atoms with van der Waals surface area (Å²) in [7, 11) is 0. The summed E-state index contributed by atoms with van der Waals surface area (Å²) in [6.45, 7) is -0.755. The number of carbonyl (C=O) groups is 1. The molecular formula is C21H21F2N5O2. The molecule has 3 aromatic rings. The van der Waals surface area contributed by atoms with Crippen LogP contribution in [0.5, 0.6) is 5.75 Å². The van der Waals surface area contributed by atoms with Gasteiger partial charge in [-0.15, -0.1) is 5.10 Å². The Morgan fingerprint density at radius 1 is 1.20 bits per heavy atom. The molecule has 1 aromatic heterocycles. The Bertz CT molecular complexity index is 983. The van der Waals surface area contributed by atoms with Gasteiger partial charge in [-0.2, -0.15) is 8.78 Å². The number of nitrogens with zero attached hydrogens (tertiary/aromatic N) is 3. The first-order chi connectivity index (χ1) is 14.6. The molecule has 156 valence electrons. The van der Waals surface area contributed by atoms with Crippen molar-refractivity contribution in [3.8, 4) is 11.4 Å². The van der Waals surface area contributed by atoms with Crippen molar-refractivity contribution >= 4 is 11.6 Å². The maximum atomic E-state index is 12.5. The van der Waals surface area contributed by atoms with Crippen molar-refractivity contribution in [2.75, 3.05) is 18.4 Å². The second-order valence-corrected chi connectivity index (χ2v) is 7.13. The maximum Gasteiger partial charge on any atom is 0.387 e. The van der Waals surface area contributed by atoms with Gasteiger partial charge in [-0.25, -0.2) is 4.68 Å². The second kappa shape index (κ2) is 9.00. The number of hydrogen-bond acceptors (Lipinski definition) is 5. The molecule has 4 rings (SSSR count). The Balaban J connectivity index is 1.36. The lowest BCUT2D eigenvalue weighted by atomic mass is 9.98. The molecular weight excluding hydrogens is 392 g/mol. The molecule has 2 aromatic carbocycles. The van der Waals surface area contributed by atoms with Crippen LogP contribution in [-0.2, 0) is 6.42 Å². The van der Waals surface area contributed by atoms with E-state index in [9.17, 15) is 13.6 Å². The summed E-state index contributed by atoms with van der Waals surface area (Å²) in [6, 6.07) is 13.7. The van der Waals surface area contributed by atoms with Crippen LogP contribution in [0.4, 0.5) is 14.5 Å². The first-order valence-electron chi connectivity index (χ1n) is 9.65. The van der Waals surface area contributed by atoms with E-state index in [1.165, 1.54) is 35.0 Å². The number of alkyl halides is 2. The van der Waals surface area contributed by atoms with Crippen LogP contribution in [0.3, 0.4) is 0 Å². The molecule has 0 saturated carbocycles. The van der Waals surface area contributed by atoms with Gasteiger partial charge in [0.05, 0.1) is 11.9 Å². The highest BCUT2D eigenvalue weighted by Gasteiger charge is 2.15. The van der Waals surface area contributed by atoms with Crippen LogP contribution >= 0.6 is 0 Å². The highest BCUT2D eigenvalue weighted by atomic mass is 19.3. The Morgan fingerprint density at radius 2 is 1.97 bits per heavy atom. The van der Waals surface area contributed by atoms with E-state index in [4.69, 9.17) is 0 Å². The first-order valence-corrected chi connectivity index (χ1v) is 9.65. The quantitative estimate of drug-likeness (QED) is 0.621. The van der Waals surface area contributed by atoms with Gasteiger partial charge >= 0.3 is 6.61 Å². The molecule has 2 heterocycles. The summed E-state index contributed by atoms with van der Waals surface area (Å²) in [4.78, 5) is 12.5. The van der Waals surface area contributed by atoms with Gasteiger partial charge in [0.2, 0.25) is 0 Å². The molecule has 7 nitrogen and oxygen atoms in total. The summed E-state index contributed by atoms with van der Waals surface area (Å²) in [5.41, 5.74) is 2.63. The zero-order valence-corrected chi connectivity index (χ0v) is 16.1. The van der Waals surface area contributed by atoms with Crippen molar-refractivity contribution in [2.24, 2.45) is 5.92 Å². The predicted molar refractivity (Wildman–Crippen MR) is 107 cm³/mol. The predicted octanol–water partition coefficient (Wildman–Crippen LogP) is 3.27. The lowest BCUT2D eigenvalue weighted by Gasteiger charge is -2.09. The van der Waals surface area contributed by atoms with E-state index in [1.54, 1.807) is 12.1 Å². The number of aromatic nitrogens is 3. The van der Waals surface area contributed by atoms with E-state index in [1.807, 2.05) is 24.3 Å². The summed E-state index contributed by atoms with van der Waals surface area (Å²) in [5, 5.41) is 14.0. The number of anilines is 1. The molecule has 0 radical (unpaired) electrons. The average Bonchev–Trinajstić information content (AvgIpc) is 3.42. The summed E-state index contributed by atoms with van der Waals surface area (Å²) >= 11 is 0. The number of carbonyl (C=O) groups excluding carboxylic acids is 1. The van der Waals surface area contributed by atoms with Gasteiger partial charge in [0, 0.05) is 5.69 Å². The van der Waals surface area contributed by atoms with Crippen molar-refractivity contribution in [3.63, 3.8) is 0 Å². The molecule has 0 aliphatic carbocycles. The molecule has 1 unspecified atom stereocenters. The number of amides is 1. The molecule has 9 heteroatoms. The van der Waals surface area contributed by atoms with E-state index in [0.29, 0.717) is 17.3 Å². The van der Waals surface area contributed by atoms with E-state index in [-0.39, 0.29) is 17.4 Å². The average molecular weight is 413 g/mol. The fraction of sp³-hybridized carbons (Fsp3) is 0.286. The van der Waals surface area contributed by atoms with Gasteiger partial charge in [0.1, 0.15) is 5.75 Å². The SMILES string of the molecule is O=C(Nc1ccc(CC2CCNC2)cc1)c1cn(-c2ccc(OC(F)F)cc2)nn1. The minimum atomic E-state index is -2.88. The van der Waals surface area contributed by atoms with Crippen LogP contribution in [0.1, 0.15) is 22.5 Å². The highest BCUT2D eigenvalue weighted by molar-refractivity contribution is 6.02. The summed E-state index contributed by atoms with van der Waals surface area (Å²) in [6.07, 6.45) is 3.69. The van der Waals surface area contributed by atoms with Gasteiger partial charge in [-0.05, 0) is 73.8 Å². The molecule has 1 aliphatic rings. The molecule has 0 bridgehead atoms. The lowest BCUT2D eigenvalue weighted by Crippen LogP contribution is -2.13. The number of nitrogens with one attached hydrogen (secondary N) is 2. The number of ether oxygens (including phenoxy) is 1. The number of halogens is 2. The van der Waals surface area contributed by atoms with Crippen molar-refractivity contribution < 1.29 is 18.3 Å². The first kappa shape index (κ1) is 20.0. The fourth-order valence-electron chi connectivity index (χ4n) is 3.42. The molecule has 1 aliphatic heterocycles. The molecule has 1 amide bonds. The molecule has 1 saturated heterocycles. The van der Waals surface area contributed by atoms with Crippen molar-refractivity contribution in [1.82, 2.24) is 20.3 Å².